The number of hydrogen-bond donors (Lipinski definition) is 1. The highest BCUT2D eigenvalue weighted by Gasteiger charge is 2.17. The van der Waals surface area contributed by atoms with Crippen LogP contribution in [0.25, 0.3) is 21.0 Å². The molecule has 1 amide bonds. The predicted octanol–water partition coefficient (Wildman–Crippen LogP) is 4.50. The fourth-order valence-corrected chi connectivity index (χ4v) is 4.59. The molecule has 2 aromatic carbocycles. The summed E-state index contributed by atoms with van der Waals surface area (Å²) in [4.78, 5) is 26.0. The highest BCUT2D eigenvalue weighted by atomic mass is 32.1. The van der Waals surface area contributed by atoms with Gasteiger partial charge >= 0.3 is 0 Å². The number of rotatable bonds is 5. The Morgan fingerprint density at radius 3 is 2.57 bits per heavy atom. The summed E-state index contributed by atoms with van der Waals surface area (Å²) in [6.45, 7) is 2.02. The van der Waals surface area contributed by atoms with Gasteiger partial charge in [-0.2, -0.15) is 0 Å². The molecule has 1 N–H and O–H groups in total. The third kappa shape index (κ3) is 3.45. The van der Waals surface area contributed by atoms with Gasteiger partial charge in [0.15, 0.2) is 0 Å². The van der Waals surface area contributed by atoms with Crippen molar-refractivity contribution in [1.29, 1.82) is 0 Å². The first kappa shape index (κ1) is 18.4. The van der Waals surface area contributed by atoms with Gasteiger partial charge < -0.3 is 9.88 Å². The zero-order chi connectivity index (χ0) is 19.7. The molecule has 0 radical (unpaired) electrons. The van der Waals surface area contributed by atoms with E-state index in [9.17, 15) is 9.59 Å². The molecule has 0 saturated carbocycles. The van der Waals surface area contributed by atoms with E-state index in [-0.39, 0.29) is 17.5 Å². The Morgan fingerprint density at radius 1 is 1.07 bits per heavy atom. The van der Waals surface area contributed by atoms with Crippen molar-refractivity contribution in [2.45, 2.75) is 25.8 Å². The number of pyridine rings is 1. The van der Waals surface area contributed by atoms with E-state index in [1.54, 1.807) is 17.7 Å². The molecule has 142 valence electrons. The molecule has 4 aromatic rings. The van der Waals surface area contributed by atoms with Crippen LogP contribution in [0.4, 0.5) is 0 Å². The van der Waals surface area contributed by atoms with E-state index in [0.29, 0.717) is 10.3 Å². The average Bonchev–Trinajstić information content (AvgIpc) is 3.17. The molecule has 0 unspecified atom stereocenters. The molecule has 2 heterocycles. The third-order valence-corrected chi connectivity index (χ3v) is 6.25. The van der Waals surface area contributed by atoms with E-state index in [0.717, 1.165) is 28.4 Å². The van der Waals surface area contributed by atoms with E-state index in [4.69, 9.17) is 0 Å². The second-order valence-electron chi connectivity index (χ2n) is 7.13. The molecule has 1 atom stereocenters. The van der Waals surface area contributed by atoms with Crippen LogP contribution in [0.5, 0.6) is 0 Å². The second-order valence-corrected chi connectivity index (χ2v) is 8.19. The molecule has 0 aliphatic heterocycles. The minimum Gasteiger partial charge on any atom is -0.349 e. The standard InChI is InChI=1S/C23H22N2O2S/c1-15(12-13-16-8-4-3-5-9-16)24-22(26)20-14-18-21(28-20)17-10-6-7-11-19(17)25(2)23(18)27/h3-11,14-15H,12-13H2,1-2H3,(H,24,26)/t15-/m1/s1. The molecule has 0 saturated heterocycles. The summed E-state index contributed by atoms with van der Waals surface area (Å²) in [5.41, 5.74) is 2.08. The predicted molar refractivity (Wildman–Crippen MR) is 116 cm³/mol. The highest BCUT2D eigenvalue weighted by Crippen LogP contribution is 2.30. The third-order valence-electron chi connectivity index (χ3n) is 5.09. The van der Waals surface area contributed by atoms with Crippen LogP contribution in [0.3, 0.4) is 0 Å². The lowest BCUT2D eigenvalue weighted by atomic mass is 10.1. The van der Waals surface area contributed by atoms with Crippen LogP contribution in [0, 0.1) is 0 Å². The van der Waals surface area contributed by atoms with Crippen molar-refractivity contribution < 1.29 is 4.79 Å². The Morgan fingerprint density at radius 2 is 1.79 bits per heavy atom. The number of nitrogens with one attached hydrogen (secondary N) is 1. The maximum Gasteiger partial charge on any atom is 0.261 e. The summed E-state index contributed by atoms with van der Waals surface area (Å²) in [6, 6.07) is 19.8. The number of thiophene rings is 1. The first-order valence-electron chi connectivity index (χ1n) is 9.40. The smallest absolute Gasteiger partial charge is 0.261 e. The van der Waals surface area contributed by atoms with Crippen molar-refractivity contribution in [2.24, 2.45) is 7.05 Å². The van der Waals surface area contributed by atoms with E-state index in [1.165, 1.54) is 16.9 Å². The van der Waals surface area contributed by atoms with Crippen LogP contribution in [0.2, 0.25) is 0 Å². The lowest BCUT2D eigenvalue weighted by Gasteiger charge is -2.13. The molecule has 0 spiro atoms. The molecular formula is C23H22N2O2S. The zero-order valence-corrected chi connectivity index (χ0v) is 16.8. The van der Waals surface area contributed by atoms with E-state index >= 15 is 0 Å². The van der Waals surface area contributed by atoms with Gasteiger partial charge in [-0.25, -0.2) is 0 Å². The van der Waals surface area contributed by atoms with Crippen molar-refractivity contribution in [1.82, 2.24) is 9.88 Å². The van der Waals surface area contributed by atoms with Crippen LogP contribution < -0.4 is 10.9 Å². The fraction of sp³-hybridized carbons (Fsp3) is 0.217. The van der Waals surface area contributed by atoms with Gasteiger partial charge in [0.1, 0.15) is 0 Å². The van der Waals surface area contributed by atoms with Crippen molar-refractivity contribution in [2.75, 3.05) is 0 Å². The molecule has 28 heavy (non-hydrogen) atoms. The number of nitrogens with zero attached hydrogens (tertiary/aromatic N) is 1. The maximum atomic E-state index is 12.8. The number of hydrogen-bond acceptors (Lipinski definition) is 3. The summed E-state index contributed by atoms with van der Waals surface area (Å²) >= 11 is 1.39. The molecule has 0 fully saturated rings. The minimum absolute atomic E-state index is 0.0532. The Labute approximate surface area is 167 Å². The molecule has 0 bridgehead atoms. The quantitative estimate of drug-likeness (QED) is 0.545. The Balaban J connectivity index is 1.57. The average molecular weight is 391 g/mol. The minimum atomic E-state index is -0.118. The van der Waals surface area contributed by atoms with Gasteiger partial charge in [0.05, 0.1) is 15.8 Å². The molecule has 4 rings (SSSR count). The lowest BCUT2D eigenvalue weighted by Crippen LogP contribution is -2.32. The van der Waals surface area contributed by atoms with Crippen molar-refractivity contribution in [3.63, 3.8) is 0 Å². The molecule has 0 aliphatic carbocycles. The Hall–Kier alpha value is -2.92. The van der Waals surface area contributed by atoms with Gasteiger partial charge in [0.25, 0.3) is 11.5 Å². The largest absolute Gasteiger partial charge is 0.349 e. The number of para-hydroxylation sites is 1. The maximum absolute atomic E-state index is 12.8. The number of aromatic nitrogens is 1. The van der Waals surface area contributed by atoms with Gasteiger partial charge in [-0.1, -0.05) is 48.5 Å². The highest BCUT2D eigenvalue weighted by molar-refractivity contribution is 7.21. The SMILES string of the molecule is C[C@H](CCc1ccccc1)NC(=O)c1cc2c(=O)n(C)c3ccccc3c2s1. The molecule has 0 aliphatic rings. The van der Waals surface area contributed by atoms with Gasteiger partial charge in [0.2, 0.25) is 0 Å². The van der Waals surface area contributed by atoms with E-state index < -0.39 is 0 Å². The number of carbonyl (C=O) groups is 1. The summed E-state index contributed by atoms with van der Waals surface area (Å²) in [6.07, 6.45) is 1.78. The number of aryl methyl sites for hydroxylation is 2. The molecule has 5 heteroatoms. The Bertz CT molecular complexity index is 1210. The van der Waals surface area contributed by atoms with Crippen LogP contribution in [-0.2, 0) is 13.5 Å². The van der Waals surface area contributed by atoms with Gasteiger partial charge in [-0.15, -0.1) is 11.3 Å². The zero-order valence-electron chi connectivity index (χ0n) is 15.9. The summed E-state index contributed by atoms with van der Waals surface area (Å²) < 4.78 is 2.52. The fourth-order valence-electron chi connectivity index (χ4n) is 3.51. The second kappa shape index (κ2) is 7.60. The van der Waals surface area contributed by atoms with Gasteiger partial charge in [-0.05, 0) is 37.5 Å². The molecule has 2 aromatic heterocycles. The van der Waals surface area contributed by atoms with Crippen LogP contribution in [-0.4, -0.2) is 16.5 Å². The topological polar surface area (TPSA) is 51.1 Å². The van der Waals surface area contributed by atoms with Crippen molar-refractivity contribution in [3.05, 3.63) is 81.5 Å². The lowest BCUT2D eigenvalue weighted by molar-refractivity contribution is 0.0942. The number of fused-ring (bicyclic) bond motifs is 3. The first-order chi connectivity index (χ1) is 13.5. The van der Waals surface area contributed by atoms with Crippen molar-refractivity contribution in [3.8, 4) is 0 Å². The number of amides is 1. The van der Waals surface area contributed by atoms with Crippen LogP contribution in [0.1, 0.15) is 28.6 Å². The number of carbonyl (C=O) groups excluding carboxylic acids is 1. The van der Waals surface area contributed by atoms with Crippen molar-refractivity contribution >= 4 is 38.2 Å². The van der Waals surface area contributed by atoms with Crippen LogP contribution in [0.15, 0.2) is 65.5 Å². The van der Waals surface area contributed by atoms with Crippen LogP contribution >= 0.6 is 11.3 Å². The van der Waals surface area contributed by atoms with E-state index in [2.05, 4.69) is 17.4 Å². The Kier molecular flexibility index (Phi) is 5.01. The number of benzene rings is 2. The molecule has 4 nitrogen and oxygen atoms in total. The molecular weight excluding hydrogens is 368 g/mol. The van der Waals surface area contributed by atoms with E-state index in [1.807, 2.05) is 49.4 Å². The summed E-state index contributed by atoms with van der Waals surface area (Å²) in [7, 11) is 1.77. The summed E-state index contributed by atoms with van der Waals surface area (Å²) in [5, 5.41) is 4.68. The summed E-state index contributed by atoms with van der Waals surface area (Å²) in [5.74, 6) is -0.118. The normalized spacial score (nSPS) is 12.4. The van der Waals surface area contributed by atoms with Gasteiger partial charge in [-0.3, -0.25) is 9.59 Å². The monoisotopic (exact) mass is 390 g/mol. The van der Waals surface area contributed by atoms with Gasteiger partial charge in [0, 0.05) is 23.2 Å². The first-order valence-corrected chi connectivity index (χ1v) is 10.2.